The van der Waals surface area contributed by atoms with Crippen LogP contribution in [0.5, 0.6) is 5.75 Å². The number of rotatable bonds is 4. The second-order valence-electron chi connectivity index (χ2n) is 3.08. The first kappa shape index (κ1) is 13.1. The Balaban J connectivity index is 3.01. The van der Waals surface area contributed by atoms with Crippen LogP contribution < -0.4 is 4.74 Å². The van der Waals surface area contributed by atoms with Crippen LogP contribution in [0.4, 0.5) is 13.2 Å². The average Bonchev–Trinajstić information content (AvgIpc) is 2.28. The zero-order valence-corrected chi connectivity index (χ0v) is 8.78. The fraction of sp³-hybridized carbons (Fsp3) is 0.182. The van der Waals surface area contributed by atoms with Gasteiger partial charge in [-0.05, 0) is 18.2 Å². The second-order valence-corrected chi connectivity index (χ2v) is 3.08. The highest BCUT2D eigenvalue weighted by atomic mass is 19.3. The van der Waals surface area contributed by atoms with Crippen LogP contribution in [0.25, 0.3) is 5.76 Å². The Labute approximate surface area is 95.1 Å². The highest BCUT2D eigenvalue weighted by Gasteiger charge is 2.14. The van der Waals surface area contributed by atoms with Gasteiger partial charge >= 0.3 is 0 Å². The van der Waals surface area contributed by atoms with E-state index in [9.17, 15) is 23.1 Å². The molecule has 0 aromatic heterocycles. The molecule has 0 heterocycles. The smallest absolute Gasteiger partial charge is 0.300 e. The second kappa shape index (κ2) is 5.38. The summed E-state index contributed by atoms with van der Waals surface area (Å²) in [6, 6.07) is 3.33. The molecule has 0 saturated carbocycles. The number of benzene rings is 1. The molecular formula is C11H9F3O3. The maximum atomic E-state index is 13.2. The molecule has 0 spiro atoms. The standard InChI is InChI=1S/C11H9F3O3/c1-17-10-3-2-6(4-7(10)12)8(15)5-9(16)11(13)14/h2-5,11,15H,1H3/b8-5+. The fourth-order valence-electron chi connectivity index (χ4n) is 1.11. The van der Waals surface area contributed by atoms with Crippen molar-refractivity contribution in [1.82, 2.24) is 0 Å². The van der Waals surface area contributed by atoms with Crippen molar-refractivity contribution in [3.8, 4) is 5.75 Å². The minimum Gasteiger partial charge on any atom is -0.507 e. The number of hydrogen-bond acceptors (Lipinski definition) is 3. The zero-order chi connectivity index (χ0) is 13.0. The van der Waals surface area contributed by atoms with Crippen LogP contribution in [0, 0.1) is 5.82 Å². The molecule has 0 unspecified atom stereocenters. The summed E-state index contributed by atoms with van der Waals surface area (Å²) in [4.78, 5) is 10.6. The lowest BCUT2D eigenvalue weighted by Crippen LogP contribution is -2.06. The first-order chi connectivity index (χ1) is 7.95. The van der Waals surface area contributed by atoms with Crippen molar-refractivity contribution in [2.45, 2.75) is 6.43 Å². The van der Waals surface area contributed by atoms with E-state index in [4.69, 9.17) is 0 Å². The molecule has 1 rings (SSSR count). The van der Waals surface area contributed by atoms with Gasteiger partial charge in [-0.3, -0.25) is 4.79 Å². The molecule has 0 atom stereocenters. The molecule has 92 valence electrons. The van der Waals surface area contributed by atoms with Crippen molar-refractivity contribution in [3.63, 3.8) is 0 Å². The number of alkyl halides is 2. The molecule has 0 aliphatic carbocycles. The summed E-state index contributed by atoms with van der Waals surface area (Å²) in [7, 11) is 1.26. The molecule has 0 fully saturated rings. The molecule has 0 radical (unpaired) electrons. The third-order valence-electron chi connectivity index (χ3n) is 1.94. The van der Waals surface area contributed by atoms with Crippen molar-refractivity contribution >= 4 is 11.5 Å². The van der Waals surface area contributed by atoms with Crippen molar-refractivity contribution in [3.05, 3.63) is 35.7 Å². The first-order valence-corrected chi connectivity index (χ1v) is 4.52. The third-order valence-corrected chi connectivity index (χ3v) is 1.94. The van der Waals surface area contributed by atoms with Gasteiger partial charge in [-0.25, -0.2) is 13.2 Å². The number of ether oxygens (including phenoxy) is 1. The Morgan fingerprint density at radius 2 is 2.12 bits per heavy atom. The molecule has 3 nitrogen and oxygen atoms in total. The molecule has 0 aliphatic rings. The lowest BCUT2D eigenvalue weighted by atomic mass is 10.1. The van der Waals surface area contributed by atoms with Crippen LogP contribution in [-0.2, 0) is 4.79 Å². The van der Waals surface area contributed by atoms with Crippen molar-refractivity contribution in [1.29, 1.82) is 0 Å². The number of aliphatic hydroxyl groups is 1. The molecule has 1 aromatic rings. The lowest BCUT2D eigenvalue weighted by Gasteiger charge is -2.04. The van der Waals surface area contributed by atoms with E-state index in [-0.39, 0.29) is 11.3 Å². The lowest BCUT2D eigenvalue weighted by molar-refractivity contribution is -0.124. The van der Waals surface area contributed by atoms with Gasteiger partial charge in [0.2, 0.25) is 5.78 Å². The van der Waals surface area contributed by atoms with Crippen LogP contribution >= 0.6 is 0 Å². The van der Waals surface area contributed by atoms with E-state index >= 15 is 0 Å². The summed E-state index contributed by atoms with van der Waals surface area (Å²) in [5.41, 5.74) is -0.0858. The number of halogens is 3. The Kier molecular flexibility index (Phi) is 4.14. The molecule has 1 aromatic carbocycles. The summed E-state index contributed by atoms with van der Waals surface area (Å²) in [5.74, 6) is -3.09. The molecule has 17 heavy (non-hydrogen) atoms. The first-order valence-electron chi connectivity index (χ1n) is 4.52. The largest absolute Gasteiger partial charge is 0.507 e. The van der Waals surface area contributed by atoms with Gasteiger partial charge in [-0.2, -0.15) is 0 Å². The maximum Gasteiger partial charge on any atom is 0.300 e. The van der Waals surface area contributed by atoms with Gasteiger partial charge < -0.3 is 9.84 Å². The van der Waals surface area contributed by atoms with Crippen LogP contribution in [0.3, 0.4) is 0 Å². The molecule has 1 N–H and O–H groups in total. The topological polar surface area (TPSA) is 46.5 Å². The SMILES string of the molecule is COc1ccc(/C(O)=C\C(=O)C(F)F)cc1F. The average molecular weight is 246 g/mol. The van der Waals surface area contributed by atoms with E-state index < -0.39 is 23.8 Å². The quantitative estimate of drug-likeness (QED) is 0.656. The van der Waals surface area contributed by atoms with E-state index in [0.717, 1.165) is 6.07 Å². The van der Waals surface area contributed by atoms with E-state index in [2.05, 4.69) is 4.74 Å². The van der Waals surface area contributed by atoms with Crippen molar-refractivity contribution in [2.24, 2.45) is 0 Å². The molecule has 0 aliphatic heterocycles. The van der Waals surface area contributed by atoms with Gasteiger partial charge in [-0.1, -0.05) is 0 Å². The van der Waals surface area contributed by atoms with Gasteiger partial charge in [0.1, 0.15) is 5.76 Å². The Bertz CT molecular complexity index is 455. The van der Waals surface area contributed by atoms with E-state index in [0.29, 0.717) is 6.08 Å². The van der Waals surface area contributed by atoms with Gasteiger partial charge in [0.25, 0.3) is 6.43 Å². The number of carbonyl (C=O) groups excluding carboxylic acids is 1. The minimum atomic E-state index is -3.21. The Hall–Kier alpha value is -1.98. The number of carbonyl (C=O) groups is 1. The van der Waals surface area contributed by atoms with Gasteiger partial charge in [0, 0.05) is 11.6 Å². The fourth-order valence-corrected chi connectivity index (χ4v) is 1.11. The summed E-state index contributed by atoms with van der Waals surface area (Å²) in [5, 5.41) is 9.33. The predicted octanol–water partition coefficient (Wildman–Crippen LogP) is 2.57. The maximum absolute atomic E-state index is 13.2. The predicted molar refractivity (Wildman–Crippen MR) is 54.6 cm³/mol. The van der Waals surface area contributed by atoms with Crippen LogP contribution in [0.1, 0.15) is 5.56 Å². The molecule has 0 amide bonds. The van der Waals surface area contributed by atoms with Gasteiger partial charge in [0.15, 0.2) is 11.6 Å². The summed E-state index contributed by atoms with van der Waals surface area (Å²) in [6.45, 7) is 0. The van der Waals surface area contributed by atoms with Crippen LogP contribution in [-0.4, -0.2) is 24.4 Å². The number of ketones is 1. The summed E-state index contributed by atoms with van der Waals surface area (Å²) >= 11 is 0. The van der Waals surface area contributed by atoms with Crippen molar-refractivity contribution in [2.75, 3.05) is 7.11 Å². The third kappa shape index (κ3) is 3.24. The van der Waals surface area contributed by atoms with E-state index in [1.54, 1.807) is 0 Å². The molecule has 0 bridgehead atoms. The summed E-state index contributed by atoms with van der Waals surface area (Å²) < 4.78 is 41.7. The molecule has 0 saturated heterocycles. The number of methoxy groups -OCH3 is 1. The molecular weight excluding hydrogens is 237 g/mol. The van der Waals surface area contributed by atoms with Crippen LogP contribution in [0.15, 0.2) is 24.3 Å². The van der Waals surface area contributed by atoms with Gasteiger partial charge in [0.05, 0.1) is 7.11 Å². The van der Waals surface area contributed by atoms with Gasteiger partial charge in [-0.15, -0.1) is 0 Å². The summed E-state index contributed by atoms with van der Waals surface area (Å²) in [6.07, 6.45) is -2.86. The number of hydrogen-bond donors (Lipinski definition) is 1. The Morgan fingerprint density at radius 3 is 2.59 bits per heavy atom. The van der Waals surface area contributed by atoms with Crippen molar-refractivity contribution < 1.29 is 27.8 Å². The van der Waals surface area contributed by atoms with Crippen LogP contribution in [0.2, 0.25) is 0 Å². The highest BCUT2D eigenvalue weighted by molar-refractivity contribution is 5.97. The zero-order valence-electron chi connectivity index (χ0n) is 8.78. The van der Waals surface area contributed by atoms with E-state index in [1.165, 1.54) is 19.2 Å². The highest BCUT2D eigenvalue weighted by Crippen LogP contribution is 2.21. The Morgan fingerprint density at radius 1 is 1.47 bits per heavy atom. The monoisotopic (exact) mass is 246 g/mol. The minimum absolute atomic E-state index is 0.0539. The molecule has 6 heteroatoms. The van der Waals surface area contributed by atoms with E-state index in [1.807, 2.05) is 0 Å². The number of allylic oxidation sites excluding steroid dienone is 1. The normalized spacial score (nSPS) is 11.7. The number of aliphatic hydroxyl groups excluding tert-OH is 1.